The predicted molar refractivity (Wildman–Crippen MR) is 128 cm³/mol. The van der Waals surface area contributed by atoms with Gasteiger partial charge in [-0.05, 0) is 35.6 Å². The Morgan fingerprint density at radius 2 is 1.50 bits per heavy atom. The molecule has 0 spiro atoms. The van der Waals surface area contributed by atoms with Crippen molar-refractivity contribution in [2.24, 2.45) is 0 Å². The highest BCUT2D eigenvalue weighted by atomic mass is 16.5. The molecule has 4 aromatic rings. The molecule has 0 N–H and O–H groups in total. The van der Waals surface area contributed by atoms with Gasteiger partial charge in [0.15, 0.2) is 0 Å². The molecule has 164 valence electrons. The van der Waals surface area contributed by atoms with Gasteiger partial charge in [-0.2, -0.15) is 0 Å². The minimum atomic E-state index is -0.309. The zero-order valence-electron chi connectivity index (χ0n) is 18.2. The van der Waals surface area contributed by atoms with E-state index in [1.54, 1.807) is 6.07 Å². The molecule has 0 atom stereocenters. The number of nitrogens with zero attached hydrogens (tertiary/aromatic N) is 2. The summed E-state index contributed by atoms with van der Waals surface area (Å²) in [5.74, 6) is 0.739. The molecule has 0 unspecified atom stereocenters. The Kier molecular flexibility index (Phi) is 6.19. The molecule has 0 aliphatic carbocycles. The van der Waals surface area contributed by atoms with Crippen molar-refractivity contribution in [3.63, 3.8) is 0 Å². The normalized spacial score (nSPS) is 15.4. The number of piperazine rings is 1. The van der Waals surface area contributed by atoms with Crippen LogP contribution in [0, 0.1) is 0 Å². The van der Waals surface area contributed by atoms with Crippen molar-refractivity contribution in [1.29, 1.82) is 0 Å². The van der Waals surface area contributed by atoms with E-state index in [1.807, 2.05) is 36.4 Å². The molecule has 5 rings (SSSR count). The summed E-state index contributed by atoms with van der Waals surface area (Å²) < 4.78 is 11.5. The Hall–Kier alpha value is -3.15. The molecular weight excluding hydrogens is 400 g/mol. The van der Waals surface area contributed by atoms with Crippen molar-refractivity contribution in [2.45, 2.75) is 13.0 Å². The lowest BCUT2D eigenvalue weighted by Crippen LogP contribution is -2.46. The average molecular weight is 429 g/mol. The molecule has 32 heavy (non-hydrogen) atoms. The van der Waals surface area contributed by atoms with Gasteiger partial charge in [-0.1, -0.05) is 48.5 Å². The monoisotopic (exact) mass is 428 g/mol. The molecule has 0 radical (unpaired) electrons. The van der Waals surface area contributed by atoms with E-state index in [1.165, 1.54) is 5.56 Å². The topological polar surface area (TPSA) is 45.9 Å². The average Bonchev–Trinajstić information content (AvgIpc) is 2.84. The van der Waals surface area contributed by atoms with Crippen molar-refractivity contribution in [3.05, 3.63) is 88.8 Å². The summed E-state index contributed by atoms with van der Waals surface area (Å²) >= 11 is 0. The highest BCUT2D eigenvalue weighted by Gasteiger charge is 2.16. The van der Waals surface area contributed by atoms with Gasteiger partial charge in [0.1, 0.15) is 11.3 Å². The third-order valence-corrected chi connectivity index (χ3v) is 6.19. The maximum absolute atomic E-state index is 12.2. The molecule has 2 heterocycles. The quantitative estimate of drug-likeness (QED) is 0.246. The van der Waals surface area contributed by atoms with E-state index in [0.29, 0.717) is 17.6 Å². The van der Waals surface area contributed by atoms with Gasteiger partial charge in [-0.15, -0.1) is 0 Å². The first kappa shape index (κ1) is 20.7. The van der Waals surface area contributed by atoms with Crippen LogP contribution in [0.15, 0.2) is 82.0 Å². The van der Waals surface area contributed by atoms with Crippen molar-refractivity contribution in [3.8, 4) is 5.75 Å². The smallest absolute Gasteiger partial charge is 0.344 e. The van der Waals surface area contributed by atoms with Gasteiger partial charge >= 0.3 is 5.63 Å². The zero-order valence-corrected chi connectivity index (χ0v) is 18.2. The summed E-state index contributed by atoms with van der Waals surface area (Å²) in [5.41, 5.74) is 1.64. The summed E-state index contributed by atoms with van der Waals surface area (Å²) in [4.78, 5) is 17.3. The number of fused-ring (bicyclic) bond motifs is 3. The number of benzene rings is 3. The van der Waals surface area contributed by atoms with E-state index in [2.05, 4.69) is 40.1 Å². The van der Waals surface area contributed by atoms with Gasteiger partial charge in [0, 0.05) is 50.7 Å². The molecular formula is C27H28N2O3. The van der Waals surface area contributed by atoms with Crippen LogP contribution in [-0.4, -0.2) is 49.1 Å². The van der Waals surface area contributed by atoms with Crippen molar-refractivity contribution in [2.75, 3.05) is 39.3 Å². The maximum Gasteiger partial charge on any atom is 0.344 e. The van der Waals surface area contributed by atoms with Gasteiger partial charge in [-0.3, -0.25) is 4.90 Å². The minimum Gasteiger partial charge on any atom is -0.493 e. The third kappa shape index (κ3) is 4.69. The van der Waals surface area contributed by atoms with Crippen molar-refractivity contribution >= 4 is 21.7 Å². The molecule has 3 aromatic carbocycles. The van der Waals surface area contributed by atoms with Crippen LogP contribution in [-0.2, 0) is 6.54 Å². The third-order valence-electron chi connectivity index (χ3n) is 6.19. The lowest BCUT2D eigenvalue weighted by atomic mass is 10.1. The summed E-state index contributed by atoms with van der Waals surface area (Å²) in [5, 5.41) is 2.45. The second kappa shape index (κ2) is 9.55. The molecule has 5 heteroatoms. The van der Waals surface area contributed by atoms with E-state index in [-0.39, 0.29) is 5.63 Å². The fourth-order valence-electron chi connectivity index (χ4n) is 4.44. The van der Waals surface area contributed by atoms with Crippen molar-refractivity contribution < 1.29 is 9.15 Å². The molecule has 0 bridgehead atoms. The molecule has 1 saturated heterocycles. The van der Waals surface area contributed by atoms with Crippen LogP contribution in [0.25, 0.3) is 21.7 Å². The Balaban J connectivity index is 1.11. The van der Waals surface area contributed by atoms with Crippen LogP contribution in [0.1, 0.15) is 12.0 Å². The first-order valence-electron chi connectivity index (χ1n) is 11.3. The molecule has 0 saturated carbocycles. The van der Waals surface area contributed by atoms with Gasteiger partial charge < -0.3 is 14.1 Å². The fraction of sp³-hybridized carbons (Fsp3) is 0.296. The zero-order chi connectivity index (χ0) is 21.8. The molecule has 0 amide bonds. The molecule has 1 aliphatic rings. The van der Waals surface area contributed by atoms with Crippen LogP contribution in [0.4, 0.5) is 0 Å². The summed E-state index contributed by atoms with van der Waals surface area (Å²) in [6, 6.07) is 24.0. The Morgan fingerprint density at radius 1 is 0.781 bits per heavy atom. The number of hydrogen-bond donors (Lipinski definition) is 0. The summed E-state index contributed by atoms with van der Waals surface area (Å²) in [6.07, 6.45) is 0.971. The molecule has 1 aliphatic heterocycles. The number of ether oxygens (including phenoxy) is 1. The lowest BCUT2D eigenvalue weighted by molar-refractivity contribution is 0.121. The Bertz CT molecular complexity index is 1240. The Labute approximate surface area is 187 Å². The van der Waals surface area contributed by atoms with Gasteiger partial charge in [-0.25, -0.2) is 4.79 Å². The van der Waals surface area contributed by atoms with Gasteiger partial charge in [0.25, 0.3) is 0 Å². The first-order valence-corrected chi connectivity index (χ1v) is 11.3. The second-order valence-corrected chi connectivity index (χ2v) is 8.40. The lowest BCUT2D eigenvalue weighted by Gasteiger charge is -2.34. The second-order valence-electron chi connectivity index (χ2n) is 8.40. The van der Waals surface area contributed by atoms with E-state index < -0.39 is 0 Å². The molecule has 1 aromatic heterocycles. The maximum atomic E-state index is 12.2. The highest BCUT2D eigenvalue weighted by Crippen LogP contribution is 2.26. The Morgan fingerprint density at radius 3 is 2.31 bits per heavy atom. The van der Waals surface area contributed by atoms with Gasteiger partial charge in [0.2, 0.25) is 0 Å². The van der Waals surface area contributed by atoms with E-state index >= 15 is 0 Å². The van der Waals surface area contributed by atoms with Crippen LogP contribution in [0.3, 0.4) is 0 Å². The largest absolute Gasteiger partial charge is 0.493 e. The minimum absolute atomic E-state index is 0.309. The number of rotatable bonds is 7. The predicted octanol–water partition coefficient (Wildman–Crippen LogP) is 4.53. The van der Waals surface area contributed by atoms with E-state index in [4.69, 9.17) is 9.15 Å². The van der Waals surface area contributed by atoms with Crippen molar-refractivity contribution in [1.82, 2.24) is 9.80 Å². The fourth-order valence-corrected chi connectivity index (χ4v) is 4.44. The van der Waals surface area contributed by atoms with E-state index in [9.17, 15) is 4.79 Å². The van der Waals surface area contributed by atoms with E-state index in [0.717, 1.165) is 62.2 Å². The van der Waals surface area contributed by atoms with Gasteiger partial charge in [0.05, 0.1) is 12.0 Å². The highest BCUT2D eigenvalue weighted by molar-refractivity contribution is 6.04. The number of hydrogen-bond acceptors (Lipinski definition) is 5. The standard InChI is InChI=1S/C27H28N2O3/c30-27-25-10-5-4-9-23(25)24-12-11-22(19-26(24)32-27)31-18-6-13-28-14-16-29(17-15-28)20-21-7-2-1-3-8-21/h1-5,7-12,19H,6,13-18,20H2. The van der Waals surface area contributed by atoms with Crippen LogP contribution < -0.4 is 10.4 Å². The SMILES string of the molecule is O=c1oc2cc(OCCCN3CCN(Cc4ccccc4)CC3)ccc2c2ccccc12. The summed E-state index contributed by atoms with van der Waals surface area (Å²) in [6.45, 7) is 7.12. The molecule has 1 fully saturated rings. The van der Waals surface area contributed by atoms with Crippen LogP contribution in [0.5, 0.6) is 5.75 Å². The van der Waals surface area contributed by atoms with Crippen LogP contribution >= 0.6 is 0 Å². The first-order chi connectivity index (χ1) is 15.8. The molecule has 5 nitrogen and oxygen atoms in total. The van der Waals surface area contributed by atoms with Crippen LogP contribution in [0.2, 0.25) is 0 Å². The summed E-state index contributed by atoms with van der Waals surface area (Å²) in [7, 11) is 0.